The molecular weight excluding hydrogens is 464 g/mol. The fourth-order valence-corrected chi connectivity index (χ4v) is 5.59. The molecule has 10 heteroatoms. The Morgan fingerprint density at radius 2 is 2.12 bits per heavy atom. The highest BCUT2D eigenvalue weighted by Gasteiger charge is 2.20. The van der Waals surface area contributed by atoms with E-state index >= 15 is 0 Å². The predicted molar refractivity (Wildman–Crippen MR) is 132 cm³/mol. The maximum Gasteiger partial charge on any atom is 0.340 e. The molecule has 3 heterocycles. The minimum absolute atomic E-state index is 0.135. The smallest absolute Gasteiger partial charge is 0.340 e. The molecule has 3 aromatic rings. The lowest BCUT2D eigenvalue weighted by atomic mass is 10.1. The van der Waals surface area contributed by atoms with Crippen LogP contribution in [0.4, 0.5) is 5.00 Å². The Balaban J connectivity index is 1.73. The van der Waals surface area contributed by atoms with Crippen LogP contribution in [0.3, 0.4) is 0 Å². The maximum absolute atomic E-state index is 12.6. The van der Waals surface area contributed by atoms with Gasteiger partial charge in [0.25, 0.3) is 0 Å². The molecule has 1 amide bonds. The van der Waals surface area contributed by atoms with Crippen LogP contribution in [0.25, 0.3) is 11.4 Å². The molecule has 7 nitrogen and oxygen atoms in total. The summed E-state index contributed by atoms with van der Waals surface area (Å²) in [6, 6.07) is 3.90. The van der Waals surface area contributed by atoms with Crippen molar-refractivity contribution in [1.82, 2.24) is 14.8 Å². The summed E-state index contributed by atoms with van der Waals surface area (Å²) in [5.41, 5.74) is 1.39. The first-order chi connectivity index (χ1) is 15.4. The van der Waals surface area contributed by atoms with Gasteiger partial charge in [0.1, 0.15) is 5.00 Å². The number of esters is 1. The molecule has 0 atom stereocenters. The van der Waals surface area contributed by atoms with Crippen molar-refractivity contribution in [3.63, 3.8) is 0 Å². The molecule has 170 valence electrons. The summed E-state index contributed by atoms with van der Waals surface area (Å²) in [4.78, 5) is 26.9. The maximum atomic E-state index is 12.6. The average Bonchev–Trinajstić information content (AvgIpc) is 3.50. The number of nitrogens with one attached hydrogen (secondary N) is 1. The summed E-state index contributed by atoms with van der Waals surface area (Å²) >= 11 is 4.38. The zero-order valence-corrected chi connectivity index (χ0v) is 21.0. The van der Waals surface area contributed by atoms with Crippen LogP contribution >= 0.6 is 34.4 Å². The predicted octanol–water partition coefficient (Wildman–Crippen LogP) is 5.46. The average molecular weight is 491 g/mol. The highest BCUT2D eigenvalue weighted by molar-refractivity contribution is 7.99. The summed E-state index contributed by atoms with van der Waals surface area (Å²) in [6.45, 7) is 10.7. The Morgan fingerprint density at radius 1 is 1.34 bits per heavy atom. The molecule has 0 saturated heterocycles. The fourth-order valence-electron chi connectivity index (χ4n) is 2.94. The Morgan fingerprint density at radius 3 is 2.75 bits per heavy atom. The standard InChI is InChI=1S/C22H26N4O3S3/c1-6-8-26-19(14-9-17(13(3)4)30-11-14)24-25-22(26)31-12-18(27)23-20-16(21(28)29-5)10-15(7-2)32-20/h6,9-11,13H,1,7-8,12H2,2-5H3,(H,23,27). The van der Waals surface area contributed by atoms with Crippen molar-refractivity contribution in [3.05, 3.63) is 45.5 Å². The summed E-state index contributed by atoms with van der Waals surface area (Å²) < 4.78 is 6.79. The molecule has 3 aromatic heterocycles. The Kier molecular flexibility index (Phi) is 8.27. The van der Waals surface area contributed by atoms with Crippen molar-refractivity contribution < 1.29 is 14.3 Å². The van der Waals surface area contributed by atoms with E-state index in [-0.39, 0.29) is 11.7 Å². The van der Waals surface area contributed by atoms with E-state index in [2.05, 4.69) is 47.4 Å². The molecule has 0 aliphatic heterocycles. The van der Waals surface area contributed by atoms with E-state index < -0.39 is 5.97 Å². The normalized spacial score (nSPS) is 11.0. The number of hydrogen-bond acceptors (Lipinski definition) is 8. The lowest BCUT2D eigenvalue weighted by Gasteiger charge is -2.07. The second-order valence-electron chi connectivity index (χ2n) is 7.24. The van der Waals surface area contributed by atoms with E-state index in [1.165, 1.54) is 35.1 Å². The van der Waals surface area contributed by atoms with Gasteiger partial charge in [-0.05, 0) is 24.5 Å². The molecule has 0 radical (unpaired) electrons. The topological polar surface area (TPSA) is 86.1 Å². The van der Waals surface area contributed by atoms with Crippen LogP contribution in [0.1, 0.15) is 46.8 Å². The third-order valence-corrected chi connectivity index (χ3v) is 7.99. The number of thiophene rings is 2. The highest BCUT2D eigenvalue weighted by Crippen LogP contribution is 2.32. The first-order valence-corrected chi connectivity index (χ1v) is 12.8. The van der Waals surface area contributed by atoms with Crippen LogP contribution in [0.5, 0.6) is 0 Å². The van der Waals surface area contributed by atoms with Crippen molar-refractivity contribution in [3.8, 4) is 11.4 Å². The molecule has 0 unspecified atom stereocenters. The van der Waals surface area contributed by atoms with Gasteiger partial charge < -0.3 is 10.1 Å². The molecule has 0 aromatic carbocycles. The minimum atomic E-state index is -0.462. The number of ether oxygens (including phenoxy) is 1. The molecule has 3 rings (SSSR count). The van der Waals surface area contributed by atoms with Crippen LogP contribution in [-0.2, 0) is 22.5 Å². The third kappa shape index (κ3) is 5.48. The molecule has 0 aliphatic rings. The number of nitrogens with zero attached hydrogens (tertiary/aromatic N) is 3. The summed E-state index contributed by atoms with van der Waals surface area (Å²) in [6.07, 6.45) is 2.56. The van der Waals surface area contributed by atoms with Crippen LogP contribution in [-0.4, -0.2) is 39.5 Å². The van der Waals surface area contributed by atoms with E-state index in [0.29, 0.717) is 28.2 Å². The van der Waals surface area contributed by atoms with Gasteiger partial charge in [0.05, 0.1) is 18.4 Å². The number of anilines is 1. The number of thioether (sulfide) groups is 1. The number of aryl methyl sites for hydroxylation is 1. The van der Waals surface area contributed by atoms with Crippen molar-refractivity contribution >= 4 is 51.3 Å². The Bertz CT molecular complexity index is 1110. The largest absolute Gasteiger partial charge is 0.465 e. The van der Waals surface area contributed by atoms with Gasteiger partial charge >= 0.3 is 5.97 Å². The van der Waals surface area contributed by atoms with Crippen LogP contribution in [0.2, 0.25) is 0 Å². The number of carbonyl (C=O) groups is 2. The van der Waals surface area contributed by atoms with Gasteiger partial charge in [-0.2, -0.15) is 0 Å². The first-order valence-electron chi connectivity index (χ1n) is 10.1. The van der Waals surface area contributed by atoms with Gasteiger partial charge in [0.2, 0.25) is 5.91 Å². The SMILES string of the molecule is C=CCn1c(SCC(=O)Nc2sc(CC)cc2C(=O)OC)nnc1-c1csc(C(C)C)c1. The third-order valence-electron chi connectivity index (χ3n) is 4.60. The van der Waals surface area contributed by atoms with Gasteiger partial charge in [-0.1, -0.05) is 38.6 Å². The molecular formula is C22H26N4O3S3. The first kappa shape index (κ1) is 24.2. The fraction of sp³-hybridized carbons (Fsp3) is 0.364. The number of allylic oxidation sites excluding steroid dienone is 1. The van der Waals surface area contributed by atoms with Gasteiger partial charge in [0.15, 0.2) is 11.0 Å². The van der Waals surface area contributed by atoms with E-state index in [1.54, 1.807) is 23.5 Å². The molecule has 0 bridgehead atoms. The van der Waals surface area contributed by atoms with Gasteiger partial charge in [-0.3, -0.25) is 9.36 Å². The summed E-state index contributed by atoms with van der Waals surface area (Å²) in [7, 11) is 1.33. The lowest BCUT2D eigenvalue weighted by Crippen LogP contribution is -2.16. The molecule has 32 heavy (non-hydrogen) atoms. The van der Waals surface area contributed by atoms with Crippen molar-refractivity contribution in [2.24, 2.45) is 0 Å². The second-order valence-corrected chi connectivity index (χ2v) is 10.3. The van der Waals surface area contributed by atoms with E-state index in [9.17, 15) is 9.59 Å². The van der Waals surface area contributed by atoms with Gasteiger partial charge in [-0.25, -0.2) is 4.79 Å². The summed E-state index contributed by atoms with van der Waals surface area (Å²) in [5, 5.41) is 14.7. The molecule has 0 spiro atoms. The van der Waals surface area contributed by atoms with Crippen molar-refractivity contribution in [2.75, 3.05) is 18.2 Å². The minimum Gasteiger partial charge on any atom is -0.465 e. The van der Waals surface area contributed by atoms with Gasteiger partial charge in [-0.15, -0.1) is 39.4 Å². The Hall–Kier alpha value is -2.43. The molecule has 1 N–H and O–H groups in total. The monoisotopic (exact) mass is 490 g/mol. The van der Waals surface area contributed by atoms with Crippen LogP contribution < -0.4 is 5.32 Å². The highest BCUT2D eigenvalue weighted by atomic mass is 32.2. The van der Waals surface area contributed by atoms with Crippen molar-refractivity contribution in [2.45, 2.75) is 44.8 Å². The second kappa shape index (κ2) is 10.9. The number of carbonyl (C=O) groups excluding carboxylic acids is 2. The van der Waals surface area contributed by atoms with Crippen molar-refractivity contribution in [1.29, 1.82) is 0 Å². The number of hydrogen-bond donors (Lipinski definition) is 1. The van der Waals surface area contributed by atoms with Crippen LogP contribution in [0, 0.1) is 0 Å². The molecule has 0 fully saturated rings. The molecule has 0 saturated carbocycles. The van der Waals surface area contributed by atoms with E-state index in [1.807, 2.05) is 11.5 Å². The Labute approximate surface area is 199 Å². The quantitative estimate of drug-likeness (QED) is 0.231. The number of aromatic nitrogens is 3. The van der Waals surface area contributed by atoms with Crippen LogP contribution in [0.15, 0.2) is 35.3 Å². The number of methoxy groups -OCH3 is 1. The molecule has 0 aliphatic carbocycles. The van der Waals surface area contributed by atoms with Gasteiger partial charge in [0, 0.05) is 27.2 Å². The number of rotatable bonds is 10. The lowest BCUT2D eigenvalue weighted by molar-refractivity contribution is -0.113. The zero-order chi connectivity index (χ0) is 23.3. The van der Waals surface area contributed by atoms with E-state index in [0.717, 1.165) is 22.7 Å². The zero-order valence-electron chi connectivity index (χ0n) is 18.5. The summed E-state index contributed by atoms with van der Waals surface area (Å²) in [5.74, 6) is 0.654. The number of amides is 1. The van der Waals surface area contributed by atoms with E-state index in [4.69, 9.17) is 4.74 Å².